The van der Waals surface area contributed by atoms with Crippen LogP contribution < -0.4 is 10.1 Å². The quantitative estimate of drug-likeness (QED) is 0.576. The van der Waals surface area contributed by atoms with Gasteiger partial charge in [0.1, 0.15) is 5.75 Å². The maximum Gasteiger partial charge on any atom is 0.239 e. The van der Waals surface area contributed by atoms with E-state index in [1.807, 2.05) is 18.0 Å². The van der Waals surface area contributed by atoms with Gasteiger partial charge in [0.25, 0.3) is 0 Å². The van der Waals surface area contributed by atoms with E-state index in [-0.39, 0.29) is 11.9 Å². The molecule has 2 aromatic rings. The Hall–Kier alpha value is -2.80. The number of ether oxygens (including phenoxy) is 1. The van der Waals surface area contributed by atoms with Crippen LogP contribution in [0, 0.1) is 0 Å². The summed E-state index contributed by atoms with van der Waals surface area (Å²) in [7, 11) is 3.53. The monoisotopic (exact) mass is 437 g/mol. The molecular formula is C25H35N5O2. The first-order chi connectivity index (χ1) is 15.6. The zero-order valence-corrected chi connectivity index (χ0v) is 19.5. The average Bonchev–Trinajstić information content (AvgIpc) is 3.38. The molecule has 7 nitrogen and oxygen atoms in total. The highest BCUT2D eigenvalue weighted by Gasteiger charge is 2.30. The van der Waals surface area contributed by atoms with Crippen LogP contribution >= 0.6 is 0 Å². The van der Waals surface area contributed by atoms with Crippen LogP contribution in [0.25, 0.3) is 10.8 Å². The third-order valence-corrected chi connectivity index (χ3v) is 6.71. The molecule has 4 rings (SSSR count). The molecule has 7 heteroatoms. The number of amides is 1. The molecule has 1 N–H and O–H groups in total. The zero-order valence-electron chi connectivity index (χ0n) is 19.5. The summed E-state index contributed by atoms with van der Waals surface area (Å²) in [6, 6.07) is 12.6. The van der Waals surface area contributed by atoms with Crippen LogP contribution in [0.3, 0.4) is 0 Å². The van der Waals surface area contributed by atoms with Crippen molar-refractivity contribution in [1.29, 1.82) is 0 Å². The van der Waals surface area contributed by atoms with E-state index in [9.17, 15) is 4.79 Å². The number of carbonyl (C=O) groups is 1. The number of rotatable bonds is 5. The van der Waals surface area contributed by atoms with Crippen molar-refractivity contribution in [2.75, 3.05) is 53.4 Å². The fourth-order valence-electron chi connectivity index (χ4n) is 4.70. The number of fused-ring (bicyclic) bond motifs is 1. The predicted molar refractivity (Wildman–Crippen MR) is 129 cm³/mol. The normalized spacial score (nSPS) is 18.8. The molecule has 1 atom stereocenters. The lowest BCUT2D eigenvalue weighted by molar-refractivity contribution is -0.135. The number of piperazine rings is 1. The minimum Gasteiger partial charge on any atom is -0.497 e. The van der Waals surface area contributed by atoms with Crippen LogP contribution in [0.15, 0.2) is 41.4 Å². The number of likely N-dealkylation sites (tertiary alicyclic amines) is 1. The van der Waals surface area contributed by atoms with Crippen molar-refractivity contribution >= 4 is 22.6 Å². The number of aliphatic imine (C=N–C) groups is 1. The summed E-state index contributed by atoms with van der Waals surface area (Å²) >= 11 is 0. The molecule has 0 spiro atoms. The molecule has 0 saturated carbocycles. The number of guanidine groups is 1. The minimum absolute atomic E-state index is 0.0403. The molecule has 0 radical (unpaired) electrons. The molecule has 172 valence electrons. The summed E-state index contributed by atoms with van der Waals surface area (Å²) < 4.78 is 5.32. The number of nitrogens with zero attached hydrogens (tertiary/aromatic N) is 4. The van der Waals surface area contributed by atoms with Crippen molar-refractivity contribution in [3.05, 3.63) is 42.0 Å². The lowest BCUT2D eigenvalue weighted by Crippen LogP contribution is -2.57. The highest BCUT2D eigenvalue weighted by Crippen LogP contribution is 2.22. The summed E-state index contributed by atoms with van der Waals surface area (Å²) in [5.74, 6) is 2.07. The standard InChI is InChI=1S/C25H35N5O2/c1-19(24(31)29-10-4-5-11-29)28-12-14-30(15-13-28)25(26-2)27-18-20-6-7-22-17-23(32-3)9-8-21(22)16-20/h6-9,16-17,19H,4-5,10-15,18H2,1-3H3,(H,26,27). The van der Waals surface area contributed by atoms with E-state index in [1.54, 1.807) is 7.11 Å². The van der Waals surface area contributed by atoms with Gasteiger partial charge >= 0.3 is 0 Å². The third kappa shape index (κ3) is 4.99. The topological polar surface area (TPSA) is 60.4 Å². The van der Waals surface area contributed by atoms with Crippen LogP contribution in [-0.2, 0) is 11.3 Å². The van der Waals surface area contributed by atoms with Crippen molar-refractivity contribution < 1.29 is 9.53 Å². The molecule has 0 aliphatic carbocycles. The van der Waals surface area contributed by atoms with E-state index in [0.717, 1.165) is 70.4 Å². The molecule has 1 amide bonds. The molecule has 2 aromatic carbocycles. The van der Waals surface area contributed by atoms with Gasteiger partial charge in [-0.1, -0.05) is 18.2 Å². The van der Waals surface area contributed by atoms with Crippen molar-refractivity contribution in [2.24, 2.45) is 4.99 Å². The van der Waals surface area contributed by atoms with Gasteiger partial charge in [-0.15, -0.1) is 0 Å². The number of carbonyl (C=O) groups excluding carboxylic acids is 1. The minimum atomic E-state index is -0.0403. The fraction of sp³-hybridized carbons (Fsp3) is 0.520. The maximum absolute atomic E-state index is 12.7. The van der Waals surface area contributed by atoms with Gasteiger partial charge in [0, 0.05) is 52.9 Å². The Morgan fingerprint density at radius 2 is 1.69 bits per heavy atom. The number of nitrogens with one attached hydrogen (secondary N) is 1. The van der Waals surface area contributed by atoms with Crippen LogP contribution in [0.5, 0.6) is 5.75 Å². The molecule has 0 bridgehead atoms. The lowest BCUT2D eigenvalue weighted by Gasteiger charge is -2.39. The van der Waals surface area contributed by atoms with Crippen LogP contribution in [0.4, 0.5) is 0 Å². The Labute approximate surface area is 191 Å². The Balaban J connectivity index is 1.30. The first kappa shape index (κ1) is 22.4. The van der Waals surface area contributed by atoms with E-state index in [2.05, 4.69) is 57.4 Å². The molecule has 2 aliphatic heterocycles. The Morgan fingerprint density at radius 3 is 2.38 bits per heavy atom. The van der Waals surface area contributed by atoms with Gasteiger partial charge < -0.3 is 19.9 Å². The average molecular weight is 438 g/mol. The molecule has 2 aliphatic rings. The van der Waals surface area contributed by atoms with Gasteiger partial charge in [-0.25, -0.2) is 0 Å². The molecule has 0 aromatic heterocycles. The van der Waals surface area contributed by atoms with E-state index < -0.39 is 0 Å². The van der Waals surface area contributed by atoms with Crippen LogP contribution in [0.1, 0.15) is 25.3 Å². The van der Waals surface area contributed by atoms with Gasteiger partial charge in [-0.2, -0.15) is 0 Å². The summed E-state index contributed by atoms with van der Waals surface area (Å²) in [5.41, 5.74) is 1.22. The van der Waals surface area contributed by atoms with Crippen molar-refractivity contribution in [3.8, 4) is 5.75 Å². The number of hydrogen-bond donors (Lipinski definition) is 1. The maximum atomic E-state index is 12.7. The smallest absolute Gasteiger partial charge is 0.239 e. The highest BCUT2D eigenvalue weighted by molar-refractivity contribution is 5.85. The van der Waals surface area contributed by atoms with Crippen LogP contribution in [0.2, 0.25) is 0 Å². The number of hydrogen-bond acceptors (Lipinski definition) is 4. The summed E-state index contributed by atoms with van der Waals surface area (Å²) in [5, 5.41) is 5.88. The van der Waals surface area contributed by atoms with Gasteiger partial charge in [-0.05, 0) is 54.3 Å². The van der Waals surface area contributed by atoms with E-state index >= 15 is 0 Å². The largest absolute Gasteiger partial charge is 0.497 e. The Kier molecular flexibility index (Phi) is 7.15. The molecule has 2 heterocycles. The highest BCUT2D eigenvalue weighted by atomic mass is 16.5. The Bertz CT molecular complexity index is 962. The van der Waals surface area contributed by atoms with Crippen molar-refractivity contribution in [2.45, 2.75) is 32.4 Å². The van der Waals surface area contributed by atoms with Gasteiger partial charge in [0.2, 0.25) is 5.91 Å². The summed E-state index contributed by atoms with van der Waals surface area (Å²) in [6.45, 7) is 8.10. The fourth-order valence-corrected chi connectivity index (χ4v) is 4.70. The second kappa shape index (κ2) is 10.2. The van der Waals surface area contributed by atoms with Gasteiger partial charge in [0.05, 0.1) is 13.2 Å². The predicted octanol–water partition coefficient (Wildman–Crippen LogP) is 2.55. The Morgan fingerprint density at radius 1 is 1.00 bits per heavy atom. The van der Waals surface area contributed by atoms with E-state index in [4.69, 9.17) is 4.74 Å². The second-order valence-corrected chi connectivity index (χ2v) is 8.68. The lowest BCUT2D eigenvalue weighted by atomic mass is 10.1. The summed E-state index contributed by atoms with van der Waals surface area (Å²) in [4.78, 5) is 23.9. The second-order valence-electron chi connectivity index (χ2n) is 8.68. The molecule has 2 fully saturated rings. The zero-order chi connectivity index (χ0) is 22.5. The number of methoxy groups -OCH3 is 1. The molecular weight excluding hydrogens is 402 g/mol. The van der Waals surface area contributed by atoms with Gasteiger partial charge in [0.15, 0.2) is 5.96 Å². The third-order valence-electron chi connectivity index (χ3n) is 6.71. The number of benzene rings is 2. The van der Waals surface area contributed by atoms with Gasteiger partial charge in [-0.3, -0.25) is 14.7 Å². The first-order valence-electron chi connectivity index (χ1n) is 11.6. The van der Waals surface area contributed by atoms with Crippen LogP contribution in [-0.4, -0.2) is 86.0 Å². The molecule has 32 heavy (non-hydrogen) atoms. The SMILES string of the molecule is CN=C(NCc1ccc2cc(OC)ccc2c1)N1CCN(C(C)C(=O)N2CCCC2)CC1. The van der Waals surface area contributed by atoms with E-state index in [0.29, 0.717) is 0 Å². The molecule has 2 saturated heterocycles. The van der Waals surface area contributed by atoms with E-state index in [1.165, 1.54) is 16.3 Å². The molecule has 1 unspecified atom stereocenters. The van der Waals surface area contributed by atoms with Crippen molar-refractivity contribution in [3.63, 3.8) is 0 Å². The van der Waals surface area contributed by atoms with Crippen molar-refractivity contribution in [1.82, 2.24) is 20.0 Å². The summed E-state index contributed by atoms with van der Waals surface area (Å²) in [6.07, 6.45) is 2.28. The first-order valence-corrected chi connectivity index (χ1v) is 11.6.